The van der Waals surface area contributed by atoms with Crippen LogP contribution < -0.4 is 0 Å². The first kappa shape index (κ1) is 25.3. The van der Waals surface area contributed by atoms with Gasteiger partial charge in [-0.1, -0.05) is 49.9 Å². The van der Waals surface area contributed by atoms with Crippen molar-refractivity contribution in [2.75, 3.05) is 0 Å². The number of isothiocyanates is 2. The van der Waals surface area contributed by atoms with Gasteiger partial charge in [0.1, 0.15) is 0 Å². The molecule has 0 aliphatic carbocycles. The van der Waals surface area contributed by atoms with Crippen LogP contribution >= 0.6 is 58.9 Å². The Morgan fingerprint density at radius 3 is 2.15 bits per heavy atom. The second-order valence-electron chi connectivity index (χ2n) is 6.92. The van der Waals surface area contributed by atoms with Crippen molar-refractivity contribution in [2.45, 2.75) is 30.4 Å². The molecule has 0 saturated heterocycles. The van der Waals surface area contributed by atoms with E-state index in [1.165, 1.54) is 0 Å². The summed E-state index contributed by atoms with van der Waals surface area (Å²) < 4.78 is 1.11. The van der Waals surface area contributed by atoms with Crippen molar-refractivity contribution in [3.8, 4) is 22.5 Å². The van der Waals surface area contributed by atoms with Gasteiger partial charge in [-0.2, -0.15) is 9.98 Å². The Balaban J connectivity index is 0.000000189. The molecule has 0 unspecified atom stereocenters. The Hall–Kier alpha value is -2.35. The third kappa shape index (κ3) is 7.88. The maximum absolute atomic E-state index is 4.61. The van der Waals surface area contributed by atoms with Gasteiger partial charge in [0.05, 0.1) is 38.1 Å². The second kappa shape index (κ2) is 12.8. The molecule has 2 aromatic carbocycles. The molecular formula is C24H20N4S5. The van der Waals surface area contributed by atoms with Gasteiger partial charge in [-0.05, 0) is 55.6 Å². The van der Waals surface area contributed by atoms with Crippen LogP contribution in [-0.4, -0.2) is 25.5 Å². The fraction of sp³-hybridized carbons (Fsp3) is 0.167. The summed E-state index contributed by atoms with van der Waals surface area (Å²) in [6.07, 6.45) is 0. The van der Waals surface area contributed by atoms with Crippen molar-refractivity contribution in [3.63, 3.8) is 0 Å². The summed E-state index contributed by atoms with van der Waals surface area (Å²) in [4.78, 5) is 16.9. The third-order valence-corrected chi connectivity index (χ3v) is 7.02. The summed E-state index contributed by atoms with van der Waals surface area (Å²) in [7, 11) is 0. The molecular weight excluding hydrogens is 505 g/mol. The largest absolute Gasteiger partial charge is 0.242 e. The Kier molecular flexibility index (Phi) is 9.78. The van der Waals surface area contributed by atoms with Crippen molar-refractivity contribution in [1.29, 1.82) is 0 Å². The summed E-state index contributed by atoms with van der Waals surface area (Å²) in [5, 5.41) is 10.5. The fourth-order valence-corrected chi connectivity index (χ4v) is 5.57. The van der Waals surface area contributed by atoms with Crippen LogP contribution in [0.2, 0.25) is 0 Å². The lowest BCUT2D eigenvalue weighted by molar-refractivity contribution is 1.10. The van der Waals surface area contributed by atoms with E-state index in [0.717, 1.165) is 43.2 Å². The van der Waals surface area contributed by atoms with E-state index >= 15 is 0 Å². The SMILES string of the molecule is CC(C)Sc1nc(-c2ccc(N=C=S)cc2)cs1.Cc1nc(-c2cccc(N=C=S)c2)cs1. The van der Waals surface area contributed by atoms with E-state index in [9.17, 15) is 0 Å². The highest BCUT2D eigenvalue weighted by atomic mass is 32.2. The zero-order valence-corrected chi connectivity index (χ0v) is 22.3. The van der Waals surface area contributed by atoms with Crippen LogP contribution in [0.4, 0.5) is 11.4 Å². The minimum absolute atomic E-state index is 0.559. The van der Waals surface area contributed by atoms with Crippen LogP contribution in [0.15, 0.2) is 73.6 Å². The average molecular weight is 525 g/mol. The van der Waals surface area contributed by atoms with Gasteiger partial charge in [0.15, 0.2) is 4.34 Å². The minimum Gasteiger partial charge on any atom is -0.242 e. The topological polar surface area (TPSA) is 50.5 Å². The number of aliphatic imine (C=N–C) groups is 2. The first-order valence-electron chi connectivity index (χ1n) is 9.89. The molecule has 4 nitrogen and oxygen atoms in total. The third-order valence-electron chi connectivity index (χ3n) is 4.09. The predicted octanol–water partition coefficient (Wildman–Crippen LogP) is 8.90. The molecule has 0 aliphatic rings. The first-order valence-corrected chi connectivity index (χ1v) is 13.3. The average Bonchev–Trinajstić information content (AvgIpc) is 3.44. The molecule has 0 spiro atoms. The molecule has 0 N–H and O–H groups in total. The maximum atomic E-state index is 4.61. The fourth-order valence-electron chi connectivity index (χ4n) is 2.69. The lowest BCUT2D eigenvalue weighted by Gasteiger charge is -1.99. The van der Waals surface area contributed by atoms with Crippen LogP contribution in [0.25, 0.3) is 22.5 Å². The summed E-state index contributed by atoms with van der Waals surface area (Å²) in [6, 6.07) is 15.6. The number of benzene rings is 2. The van der Waals surface area contributed by atoms with Crippen LogP contribution in [0.5, 0.6) is 0 Å². The van der Waals surface area contributed by atoms with Crippen molar-refractivity contribution < 1.29 is 0 Å². The summed E-state index contributed by atoms with van der Waals surface area (Å²) in [6.45, 7) is 6.33. The number of aromatic nitrogens is 2. The van der Waals surface area contributed by atoms with Crippen molar-refractivity contribution in [3.05, 3.63) is 64.3 Å². The standard InChI is InChI=1S/C13H12N2S3.C11H8N2S2/c1-9(2)18-13-15-12(7-17-13)10-3-5-11(6-4-10)14-8-16;1-8-13-11(6-15-8)9-3-2-4-10(5-9)12-7-14/h3-7,9H,1-2H3;2-6H,1H3. The summed E-state index contributed by atoms with van der Waals surface area (Å²) in [5.41, 5.74) is 5.80. The number of aryl methyl sites for hydroxylation is 1. The molecule has 2 heterocycles. The molecule has 4 rings (SSSR count). The lowest BCUT2D eigenvalue weighted by atomic mass is 10.1. The molecule has 4 aromatic rings. The number of hydrogen-bond acceptors (Lipinski definition) is 9. The van der Waals surface area contributed by atoms with Crippen molar-refractivity contribution in [1.82, 2.24) is 9.97 Å². The lowest BCUT2D eigenvalue weighted by Crippen LogP contribution is -1.85. The smallest absolute Gasteiger partial charge is 0.150 e. The van der Waals surface area contributed by atoms with Gasteiger partial charge in [0.2, 0.25) is 0 Å². The molecule has 2 aromatic heterocycles. The Morgan fingerprint density at radius 1 is 0.848 bits per heavy atom. The van der Waals surface area contributed by atoms with E-state index in [2.05, 4.69) is 73.9 Å². The van der Waals surface area contributed by atoms with Gasteiger partial charge < -0.3 is 0 Å². The molecule has 0 atom stereocenters. The van der Waals surface area contributed by atoms with Crippen LogP contribution in [0.1, 0.15) is 18.9 Å². The molecule has 0 fully saturated rings. The molecule has 33 heavy (non-hydrogen) atoms. The highest BCUT2D eigenvalue weighted by molar-refractivity contribution is 8.01. The highest BCUT2D eigenvalue weighted by Gasteiger charge is 2.06. The Morgan fingerprint density at radius 2 is 1.52 bits per heavy atom. The number of thioether (sulfide) groups is 1. The molecule has 0 saturated carbocycles. The normalized spacial score (nSPS) is 10.1. The van der Waals surface area contributed by atoms with E-state index in [0.29, 0.717) is 5.25 Å². The van der Waals surface area contributed by atoms with Crippen LogP contribution in [0, 0.1) is 6.92 Å². The van der Waals surface area contributed by atoms with Gasteiger partial charge in [-0.15, -0.1) is 22.7 Å². The molecule has 0 amide bonds. The summed E-state index contributed by atoms with van der Waals surface area (Å²) in [5.74, 6) is 0. The van der Waals surface area contributed by atoms with Crippen LogP contribution in [0.3, 0.4) is 0 Å². The van der Waals surface area contributed by atoms with E-state index in [4.69, 9.17) is 0 Å². The van der Waals surface area contributed by atoms with Gasteiger partial charge in [-0.3, -0.25) is 0 Å². The predicted molar refractivity (Wildman–Crippen MR) is 150 cm³/mol. The zero-order chi connectivity index (χ0) is 23.6. The quantitative estimate of drug-likeness (QED) is 0.143. The van der Waals surface area contributed by atoms with Crippen LogP contribution in [-0.2, 0) is 0 Å². The van der Waals surface area contributed by atoms with Gasteiger partial charge in [0.25, 0.3) is 0 Å². The van der Waals surface area contributed by atoms with Crippen molar-refractivity contribution in [2.24, 2.45) is 9.98 Å². The molecule has 0 aliphatic heterocycles. The molecule has 9 heteroatoms. The van der Waals surface area contributed by atoms with E-state index in [1.807, 2.05) is 60.8 Å². The number of thiocarbonyl (C=S) groups is 2. The maximum Gasteiger partial charge on any atom is 0.150 e. The van der Waals surface area contributed by atoms with Gasteiger partial charge in [-0.25, -0.2) is 9.97 Å². The molecule has 166 valence electrons. The zero-order valence-electron chi connectivity index (χ0n) is 18.2. The monoisotopic (exact) mass is 524 g/mol. The molecule has 0 radical (unpaired) electrons. The minimum atomic E-state index is 0.559. The van der Waals surface area contributed by atoms with Crippen molar-refractivity contribution >= 4 is 80.6 Å². The summed E-state index contributed by atoms with van der Waals surface area (Å²) >= 11 is 14.3. The second-order valence-corrected chi connectivity index (χ2v) is 11.0. The van der Waals surface area contributed by atoms with E-state index in [-0.39, 0.29) is 0 Å². The Labute approximate surface area is 216 Å². The van der Waals surface area contributed by atoms with E-state index in [1.54, 1.807) is 34.4 Å². The van der Waals surface area contributed by atoms with Gasteiger partial charge >= 0.3 is 0 Å². The number of thiazole rings is 2. The number of rotatable bonds is 6. The first-order chi connectivity index (χ1) is 16.0. The van der Waals surface area contributed by atoms with Gasteiger partial charge in [0, 0.05) is 27.1 Å². The Bertz CT molecular complexity index is 1290. The highest BCUT2D eigenvalue weighted by Crippen LogP contribution is 2.31. The number of hydrogen-bond donors (Lipinski definition) is 0. The van der Waals surface area contributed by atoms with E-state index < -0.39 is 0 Å². The molecule has 0 bridgehead atoms. The number of nitrogens with zero attached hydrogens (tertiary/aromatic N) is 4.